The maximum Gasteiger partial charge on any atom is 0.338 e. The van der Waals surface area contributed by atoms with Gasteiger partial charge in [0.2, 0.25) is 0 Å². The molecule has 0 bridgehead atoms. The van der Waals surface area contributed by atoms with E-state index >= 15 is 0 Å². The molecular formula is C7H9N5OS. The third-order valence-electron chi connectivity index (χ3n) is 1.82. The fourth-order valence-electron chi connectivity index (χ4n) is 1.21. The summed E-state index contributed by atoms with van der Waals surface area (Å²) in [5.74, 6) is 0.676. The minimum Gasteiger partial charge on any atom is -0.317 e. The first kappa shape index (κ1) is 8.95. The molecule has 0 aromatic carbocycles. The van der Waals surface area contributed by atoms with Gasteiger partial charge in [0.15, 0.2) is 5.82 Å². The lowest BCUT2D eigenvalue weighted by Crippen LogP contribution is -2.39. The molecule has 1 saturated heterocycles. The number of carbonyl (C=O) groups excluding carboxylic acids is 1. The molecule has 2 heterocycles. The van der Waals surface area contributed by atoms with Crippen LogP contribution >= 0.6 is 11.5 Å². The van der Waals surface area contributed by atoms with Crippen molar-refractivity contribution < 1.29 is 4.79 Å². The van der Waals surface area contributed by atoms with Crippen LogP contribution in [0.4, 0.5) is 10.6 Å². The van der Waals surface area contributed by atoms with Gasteiger partial charge in [0.05, 0.1) is 11.9 Å². The van der Waals surface area contributed by atoms with Crippen LogP contribution in [0.15, 0.2) is 18.0 Å². The third kappa shape index (κ3) is 1.41. The third-order valence-corrected chi connectivity index (χ3v) is 2.31. The maximum atomic E-state index is 11.4. The summed E-state index contributed by atoms with van der Waals surface area (Å²) in [6, 6.07) is -0.141. The molecule has 2 rings (SSSR count). The molecule has 74 valence electrons. The molecule has 1 aromatic rings. The number of amides is 2. The second kappa shape index (κ2) is 3.62. The number of rotatable bonds is 3. The lowest BCUT2D eigenvalue weighted by molar-refractivity contribution is 0.218. The minimum atomic E-state index is -0.141. The van der Waals surface area contributed by atoms with E-state index in [4.69, 9.17) is 0 Å². The topological polar surface area (TPSA) is 61.4 Å². The van der Waals surface area contributed by atoms with Crippen molar-refractivity contribution in [3.05, 3.63) is 18.0 Å². The first-order chi connectivity index (χ1) is 6.83. The van der Waals surface area contributed by atoms with Crippen molar-refractivity contribution in [3.63, 3.8) is 0 Å². The highest BCUT2D eigenvalue weighted by Crippen LogP contribution is 2.16. The number of carbonyl (C=O) groups is 1. The summed E-state index contributed by atoms with van der Waals surface area (Å²) in [5.41, 5.74) is 0. The summed E-state index contributed by atoms with van der Waals surface area (Å²) in [4.78, 5) is 11.4. The quantitative estimate of drug-likeness (QED) is 0.736. The maximum absolute atomic E-state index is 11.4. The van der Waals surface area contributed by atoms with E-state index in [2.05, 4.69) is 21.5 Å². The molecule has 7 heteroatoms. The molecule has 1 fully saturated rings. The van der Waals surface area contributed by atoms with Gasteiger partial charge in [-0.25, -0.2) is 14.8 Å². The van der Waals surface area contributed by atoms with Crippen LogP contribution in [-0.4, -0.2) is 33.8 Å². The monoisotopic (exact) mass is 211 g/mol. The average Bonchev–Trinajstić information content (AvgIpc) is 2.77. The Morgan fingerprint density at radius 3 is 3.29 bits per heavy atom. The van der Waals surface area contributed by atoms with E-state index in [1.807, 2.05) is 0 Å². The highest BCUT2D eigenvalue weighted by atomic mass is 32.1. The average molecular weight is 211 g/mol. The zero-order valence-electron chi connectivity index (χ0n) is 7.38. The van der Waals surface area contributed by atoms with Crippen LogP contribution in [0.3, 0.4) is 0 Å². The minimum absolute atomic E-state index is 0.141. The van der Waals surface area contributed by atoms with E-state index in [0.717, 1.165) is 0 Å². The highest BCUT2D eigenvalue weighted by molar-refractivity contribution is 7.03. The van der Waals surface area contributed by atoms with Crippen molar-refractivity contribution >= 4 is 23.4 Å². The van der Waals surface area contributed by atoms with Gasteiger partial charge in [-0.2, -0.15) is 0 Å². The molecule has 14 heavy (non-hydrogen) atoms. The number of hydrogen-bond acceptors (Lipinski definition) is 5. The fraction of sp³-hybridized carbons (Fsp3) is 0.286. The Hall–Kier alpha value is -1.63. The molecule has 0 unspecified atom stereocenters. The van der Waals surface area contributed by atoms with Crippen molar-refractivity contribution in [2.75, 3.05) is 18.2 Å². The molecule has 1 N–H and O–H groups in total. The summed E-state index contributed by atoms with van der Waals surface area (Å²) >= 11 is 1.25. The largest absolute Gasteiger partial charge is 0.338 e. The number of aromatic nitrogens is 2. The lowest BCUT2D eigenvalue weighted by Gasteiger charge is -2.23. The van der Waals surface area contributed by atoms with Gasteiger partial charge in [-0.05, 0) is 11.5 Å². The standard InChI is InChI=1S/C7H9N5OS/c1-2-3-11-7(13)8-5-12(11)6-4-14-10-9-6/h2,4H,1,3,5H2,(H,8,13). The van der Waals surface area contributed by atoms with Gasteiger partial charge in [-0.1, -0.05) is 10.6 Å². The number of urea groups is 1. The number of hydrogen-bond donors (Lipinski definition) is 1. The summed E-state index contributed by atoms with van der Waals surface area (Å²) in [6.07, 6.45) is 1.66. The van der Waals surface area contributed by atoms with Crippen LogP contribution in [0.1, 0.15) is 0 Å². The van der Waals surface area contributed by atoms with Crippen molar-refractivity contribution in [2.45, 2.75) is 0 Å². The van der Waals surface area contributed by atoms with E-state index in [0.29, 0.717) is 19.0 Å². The SMILES string of the molecule is C=CCN1C(=O)NCN1c1csnn1. The first-order valence-corrected chi connectivity index (χ1v) is 4.87. The zero-order valence-corrected chi connectivity index (χ0v) is 8.20. The van der Waals surface area contributed by atoms with Crippen LogP contribution in [0, 0.1) is 0 Å². The second-order valence-corrected chi connectivity index (χ2v) is 3.28. The highest BCUT2D eigenvalue weighted by Gasteiger charge is 2.28. The summed E-state index contributed by atoms with van der Waals surface area (Å²) in [5, 5.41) is 11.6. The van der Waals surface area contributed by atoms with Gasteiger partial charge < -0.3 is 5.32 Å². The molecule has 1 aliphatic rings. The Balaban J connectivity index is 2.19. The van der Waals surface area contributed by atoms with Crippen LogP contribution in [-0.2, 0) is 0 Å². The number of nitrogens with zero attached hydrogens (tertiary/aromatic N) is 4. The summed E-state index contributed by atoms with van der Waals surface area (Å²) in [6.45, 7) is 4.48. The molecule has 1 aliphatic heterocycles. The molecular weight excluding hydrogens is 202 g/mol. The molecule has 0 radical (unpaired) electrons. The smallest absolute Gasteiger partial charge is 0.317 e. The number of anilines is 1. The molecule has 6 nitrogen and oxygen atoms in total. The van der Waals surface area contributed by atoms with Crippen molar-refractivity contribution in [1.82, 2.24) is 19.9 Å². The molecule has 0 spiro atoms. The van der Waals surface area contributed by atoms with Crippen LogP contribution in [0.5, 0.6) is 0 Å². The van der Waals surface area contributed by atoms with E-state index in [-0.39, 0.29) is 6.03 Å². The number of hydrazine groups is 1. The van der Waals surface area contributed by atoms with E-state index in [1.165, 1.54) is 16.5 Å². The molecule has 0 atom stereocenters. The Labute approximate surface area is 85.0 Å². The van der Waals surface area contributed by atoms with Gasteiger partial charge in [-0.3, -0.25) is 0 Å². The first-order valence-electron chi connectivity index (χ1n) is 4.03. The van der Waals surface area contributed by atoms with Gasteiger partial charge in [-0.15, -0.1) is 11.7 Å². The zero-order chi connectivity index (χ0) is 9.97. The van der Waals surface area contributed by atoms with Crippen LogP contribution in [0.2, 0.25) is 0 Å². The molecule has 0 saturated carbocycles. The van der Waals surface area contributed by atoms with Crippen LogP contribution in [0.25, 0.3) is 0 Å². The summed E-state index contributed by atoms with van der Waals surface area (Å²) in [7, 11) is 0. The lowest BCUT2D eigenvalue weighted by atomic mass is 10.6. The van der Waals surface area contributed by atoms with Gasteiger partial charge in [0.1, 0.15) is 6.67 Å². The van der Waals surface area contributed by atoms with Crippen molar-refractivity contribution in [2.24, 2.45) is 0 Å². The predicted molar refractivity (Wildman–Crippen MR) is 52.7 cm³/mol. The van der Waals surface area contributed by atoms with Crippen molar-refractivity contribution in [3.8, 4) is 0 Å². The molecule has 0 aliphatic carbocycles. The van der Waals surface area contributed by atoms with Crippen molar-refractivity contribution in [1.29, 1.82) is 0 Å². The second-order valence-electron chi connectivity index (χ2n) is 2.67. The van der Waals surface area contributed by atoms with Crippen LogP contribution < -0.4 is 10.3 Å². The predicted octanol–water partition coefficient (Wildman–Crippen LogP) is 0.428. The Kier molecular flexibility index (Phi) is 2.32. The van der Waals surface area contributed by atoms with E-state index in [9.17, 15) is 4.79 Å². The summed E-state index contributed by atoms with van der Waals surface area (Å²) < 4.78 is 3.74. The van der Waals surface area contributed by atoms with E-state index < -0.39 is 0 Å². The fourth-order valence-corrected chi connectivity index (χ4v) is 1.65. The normalized spacial score (nSPS) is 15.9. The van der Waals surface area contributed by atoms with Gasteiger partial charge in [0, 0.05) is 0 Å². The van der Waals surface area contributed by atoms with Gasteiger partial charge >= 0.3 is 6.03 Å². The Bertz CT molecular complexity index is 338. The van der Waals surface area contributed by atoms with Gasteiger partial charge in [0.25, 0.3) is 0 Å². The Morgan fingerprint density at radius 1 is 1.79 bits per heavy atom. The molecule has 2 amide bonds. The number of nitrogens with one attached hydrogen (secondary N) is 1. The Morgan fingerprint density at radius 2 is 2.64 bits per heavy atom. The van der Waals surface area contributed by atoms with E-state index in [1.54, 1.807) is 16.5 Å². The molecule has 1 aromatic heterocycles.